The van der Waals surface area contributed by atoms with Crippen LogP contribution >= 0.6 is 0 Å². The van der Waals surface area contributed by atoms with Crippen LogP contribution in [0.2, 0.25) is 0 Å². The van der Waals surface area contributed by atoms with Crippen molar-refractivity contribution in [3.8, 4) is 11.5 Å². The summed E-state index contributed by atoms with van der Waals surface area (Å²) >= 11 is 0. The van der Waals surface area contributed by atoms with E-state index in [0.29, 0.717) is 5.56 Å². The van der Waals surface area contributed by atoms with E-state index in [9.17, 15) is 21.6 Å². The van der Waals surface area contributed by atoms with Crippen LogP contribution in [0.3, 0.4) is 0 Å². The number of ether oxygens (including phenoxy) is 2. The van der Waals surface area contributed by atoms with Gasteiger partial charge >= 0.3 is 15.6 Å². The van der Waals surface area contributed by atoms with Crippen molar-refractivity contribution in [2.24, 2.45) is 0 Å². The number of nitrogens with one attached hydrogen (secondary N) is 1. The number of nitrogens with zero attached hydrogens (tertiary/aromatic N) is 2. The maximum absolute atomic E-state index is 12.8. The highest BCUT2D eigenvalue weighted by Gasteiger charge is 2.49. The molecule has 158 valence electrons. The summed E-state index contributed by atoms with van der Waals surface area (Å²) < 4.78 is 75.4. The fraction of sp³-hybridized carbons (Fsp3) is 0.250. The van der Waals surface area contributed by atoms with Crippen molar-refractivity contribution in [3.63, 3.8) is 0 Å². The topological polar surface area (TPSA) is 126 Å². The van der Waals surface area contributed by atoms with Gasteiger partial charge in [-0.25, -0.2) is 4.98 Å². The Hall–Kier alpha value is -3.22. The minimum Gasteiger partial charge on any atom is -0.497 e. The third-order valence-corrected chi connectivity index (χ3v) is 4.52. The van der Waals surface area contributed by atoms with E-state index in [1.165, 1.54) is 25.4 Å². The molecule has 0 radical (unpaired) electrons. The number of rotatable bonds is 7. The van der Waals surface area contributed by atoms with E-state index in [2.05, 4.69) is 26.0 Å². The zero-order chi connectivity index (χ0) is 22.0. The Bertz CT molecular complexity index is 1040. The molecule has 0 saturated carbocycles. The third kappa shape index (κ3) is 4.80. The number of nitrogens with two attached hydrogens (primary N) is 1. The van der Waals surface area contributed by atoms with Gasteiger partial charge in [0.1, 0.15) is 11.6 Å². The lowest BCUT2D eigenvalue weighted by Crippen LogP contribution is -2.28. The van der Waals surface area contributed by atoms with Crippen molar-refractivity contribution in [1.82, 2.24) is 9.97 Å². The number of alkyl halides is 3. The van der Waals surface area contributed by atoms with Crippen molar-refractivity contribution in [2.75, 3.05) is 25.3 Å². The first-order valence-corrected chi connectivity index (χ1v) is 9.12. The molecule has 0 aliphatic heterocycles. The van der Waals surface area contributed by atoms with E-state index in [4.69, 9.17) is 15.2 Å². The van der Waals surface area contributed by atoms with Crippen molar-refractivity contribution in [1.29, 1.82) is 0 Å². The zero-order valence-electron chi connectivity index (χ0n) is 15.5. The second-order valence-corrected chi connectivity index (χ2v) is 7.09. The van der Waals surface area contributed by atoms with Gasteiger partial charge < -0.3 is 24.7 Å². The van der Waals surface area contributed by atoms with Gasteiger partial charge in [-0.2, -0.15) is 26.6 Å². The molecule has 13 heteroatoms. The van der Waals surface area contributed by atoms with Crippen LogP contribution in [0.15, 0.2) is 24.9 Å². The van der Waals surface area contributed by atoms with Gasteiger partial charge in [0, 0.05) is 23.5 Å². The molecule has 3 N–H and O–H groups in total. The fourth-order valence-electron chi connectivity index (χ4n) is 2.03. The molecule has 1 aromatic carbocycles. The van der Waals surface area contributed by atoms with Crippen molar-refractivity contribution >= 4 is 33.3 Å². The number of halogens is 3. The normalized spacial score (nSPS) is 11.7. The Labute approximate surface area is 164 Å². The largest absolute Gasteiger partial charge is 0.534 e. The van der Waals surface area contributed by atoms with Crippen LogP contribution in [0.5, 0.6) is 11.5 Å². The molecule has 0 saturated heterocycles. The maximum atomic E-state index is 12.8. The van der Waals surface area contributed by atoms with Crippen molar-refractivity contribution < 1.29 is 35.2 Å². The molecule has 2 rings (SSSR count). The lowest BCUT2D eigenvalue weighted by atomic mass is 10.1. The highest BCUT2D eigenvalue weighted by atomic mass is 32.2. The summed E-state index contributed by atoms with van der Waals surface area (Å²) in [5, 5.41) is 2.78. The van der Waals surface area contributed by atoms with Crippen LogP contribution in [-0.4, -0.2) is 38.1 Å². The molecule has 0 amide bonds. The van der Waals surface area contributed by atoms with E-state index < -0.39 is 21.4 Å². The van der Waals surface area contributed by atoms with E-state index in [-0.39, 0.29) is 34.5 Å². The molecule has 2 aromatic rings. The first-order valence-electron chi connectivity index (χ1n) is 7.71. The number of aromatic nitrogens is 2. The third-order valence-electron chi connectivity index (χ3n) is 3.57. The summed E-state index contributed by atoms with van der Waals surface area (Å²) in [6.07, 6.45) is 1.46. The van der Waals surface area contributed by atoms with Gasteiger partial charge in [0.05, 0.1) is 19.8 Å². The van der Waals surface area contributed by atoms with Crippen LogP contribution < -0.4 is 20.0 Å². The lowest BCUT2D eigenvalue weighted by molar-refractivity contribution is -0.0500. The molecule has 1 heterocycles. The Morgan fingerprint density at radius 3 is 2.45 bits per heavy atom. The average Bonchev–Trinajstić information content (AvgIpc) is 2.63. The summed E-state index contributed by atoms with van der Waals surface area (Å²) in [5.41, 5.74) is 0.729. The molecule has 0 spiro atoms. The summed E-state index contributed by atoms with van der Waals surface area (Å²) in [5.74, 6) is -0.959. The SMILES string of the molecule is C=C(OC)c1cc(Nc2ncc(C)c(N)n2)cc(OC)c1OS(=O)(=O)C(F)(F)F. The van der Waals surface area contributed by atoms with Crippen LogP contribution in [0.1, 0.15) is 11.1 Å². The lowest BCUT2D eigenvalue weighted by Gasteiger charge is -2.18. The molecule has 0 bridgehead atoms. The van der Waals surface area contributed by atoms with Crippen LogP contribution in [0, 0.1) is 6.92 Å². The Balaban J connectivity index is 2.57. The number of aryl methyl sites for hydroxylation is 1. The molecular weight excluding hydrogens is 417 g/mol. The number of benzene rings is 1. The van der Waals surface area contributed by atoms with Gasteiger partial charge in [-0.05, 0) is 13.0 Å². The van der Waals surface area contributed by atoms with Gasteiger partial charge in [0.15, 0.2) is 11.5 Å². The molecule has 1 aromatic heterocycles. The van der Waals surface area contributed by atoms with Gasteiger partial charge in [-0.15, -0.1) is 0 Å². The molecular formula is C16H17F3N4O5S. The monoisotopic (exact) mass is 434 g/mol. The molecule has 0 aliphatic carbocycles. The first-order chi connectivity index (χ1) is 13.4. The molecule has 0 fully saturated rings. The minimum absolute atomic E-state index is 0.0840. The quantitative estimate of drug-likeness (QED) is 0.384. The van der Waals surface area contributed by atoms with Crippen molar-refractivity contribution in [2.45, 2.75) is 12.4 Å². The number of hydrogen-bond acceptors (Lipinski definition) is 9. The second kappa shape index (κ2) is 8.03. The van der Waals surface area contributed by atoms with Crippen LogP contribution in [0.4, 0.5) is 30.6 Å². The summed E-state index contributed by atoms with van der Waals surface area (Å²) in [6, 6.07) is 2.42. The highest BCUT2D eigenvalue weighted by molar-refractivity contribution is 7.88. The molecule has 0 aliphatic rings. The zero-order valence-corrected chi connectivity index (χ0v) is 16.3. The Kier molecular flexibility index (Phi) is 6.11. The predicted molar refractivity (Wildman–Crippen MR) is 99.1 cm³/mol. The molecule has 9 nitrogen and oxygen atoms in total. The summed E-state index contributed by atoms with van der Waals surface area (Å²) in [4.78, 5) is 8.04. The van der Waals surface area contributed by atoms with Gasteiger partial charge in [-0.3, -0.25) is 0 Å². The number of methoxy groups -OCH3 is 2. The van der Waals surface area contributed by atoms with Crippen molar-refractivity contribution in [3.05, 3.63) is 36.0 Å². The van der Waals surface area contributed by atoms with Gasteiger partial charge in [0.25, 0.3) is 0 Å². The fourth-order valence-corrected chi connectivity index (χ4v) is 2.52. The van der Waals surface area contributed by atoms with E-state index >= 15 is 0 Å². The summed E-state index contributed by atoms with van der Waals surface area (Å²) in [7, 11) is -3.66. The second-order valence-electron chi connectivity index (χ2n) is 5.55. The van der Waals surface area contributed by atoms with Gasteiger partial charge in [-0.1, -0.05) is 6.58 Å². The van der Waals surface area contributed by atoms with E-state index in [1.54, 1.807) is 6.92 Å². The standard InChI is InChI=1S/C16H17F3N4O5S/c1-8-7-21-15(23-14(8)20)22-10-5-11(9(2)26-3)13(12(6-10)27-4)28-29(24,25)16(17,18)19/h5-7H,2H2,1,3-4H3,(H3,20,21,22,23). The van der Waals surface area contributed by atoms with Gasteiger partial charge in [0.2, 0.25) is 5.95 Å². The molecule has 29 heavy (non-hydrogen) atoms. The number of hydrogen-bond donors (Lipinski definition) is 2. The molecule has 0 unspecified atom stereocenters. The Morgan fingerprint density at radius 1 is 1.28 bits per heavy atom. The Morgan fingerprint density at radius 2 is 1.93 bits per heavy atom. The van der Waals surface area contributed by atoms with Crippen LogP contribution in [-0.2, 0) is 14.9 Å². The average molecular weight is 434 g/mol. The first kappa shape index (κ1) is 22.1. The minimum atomic E-state index is -5.97. The number of anilines is 3. The number of nitrogen functional groups attached to an aromatic ring is 1. The van der Waals surface area contributed by atoms with Crippen LogP contribution in [0.25, 0.3) is 5.76 Å². The molecule has 0 atom stereocenters. The van der Waals surface area contributed by atoms with E-state index in [0.717, 1.165) is 7.11 Å². The smallest absolute Gasteiger partial charge is 0.497 e. The predicted octanol–water partition coefficient (Wildman–Crippen LogP) is 2.96. The highest BCUT2D eigenvalue weighted by Crippen LogP contribution is 2.41. The van der Waals surface area contributed by atoms with E-state index in [1.807, 2.05) is 0 Å². The maximum Gasteiger partial charge on any atom is 0.534 e. The summed E-state index contributed by atoms with van der Waals surface area (Å²) in [6.45, 7) is 5.24.